The first-order chi connectivity index (χ1) is 11.6. The third kappa shape index (κ3) is 5.22. The summed E-state index contributed by atoms with van der Waals surface area (Å²) >= 11 is 0. The minimum Gasteiger partial charge on any atom is -0.496 e. The molecule has 1 aromatic carbocycles. The molecular formula is C18H24N4O2. The van der Waals surface area contributed by atoms with E-state index < -0.39 is 0 Å². The van der Waals surface area contributed by atoms with Crippen LogP contribution in [0.15, 0.2) is 36.7 Å². The molecule has 1 aromatic heterocycles. The van der Waals surface area contributed by atoms with E-state index in [4.69, 9.17) is 4.74 Å². The summed E-state index contributed by atoms with van der Waals surface area (Å²) in [4.78, 5) is 20.4. The minimum atomic E-state index is -0.180. The number of para-hydroxylation sites is 1. The Hall–Kier alpha value is -2.63. The van der Waals surface area contributed by atoms with Crippen LogP contribution in [0.1, 0.15) is 29.8 Å². The first kappa shape index (κ1) is 17.7. The summed E-state index contributed by atoms with van der Waals surface area (Å²) < 4.78 is 5.30. The Morgan fingerprint density at radius 3 is 2.58 bits per heavy atom. The largest absolute Gasteiger partial charge is 0.496 e. The minimum absolute atomic E-state index is 0.180. The zero-order valence-corrected chi connectivity index (χ0v) is 14.4. The van der Waals surface area contributed by atoms with Crippen molar-refractivity contribution in [3.63, 3.8) is 0 Å². The van der Waals surface area contributed by atoms with Gasteiger partial charge in [0.25, 0.3) is 5.91 Å². The zero-order chi connectivity index (χ0) is 17.4. The van der Waals surface area contributed by atoms with Crippen molar-refractivity contribution >= 4 is 11.9 Å². The summed E-state index contributed by atoms with van der Waals surface area (Å²) in [6, 6.07) is 7.78. The fourth-order valence-corrected chi connectivity index (χ4v) is 2.15. The first-order valence-corrected chi connectivity index (χ1v) is 8.06. The second kappa shape index (κ2) is 8.86. The molecule has 0 aliphatic rings. The Kier molecular flexibility index (Phi) is 6.54. The van der Waals surface area contributed by atoms with Crippen molar-refractivity contribution < 1.29 is 9.53 Å². The molecule has 2 rings (SSSR count). The molecule has 0 saturated heterocycles. The number of nitrogens with zero attached hydrogens (tertiary/aromatic N) is 2. The van der Waals surface area contributed by atoms with Gasteiger partial charge in [0, 0.05) is 25.5 Å². The van der Waals surface area contributed by atoms with Crippen LogP contribution in [-0.2, 0) is 6.42 Å². The van der Waals surface area contributed by atoms with E-state index in [9.17, 15) is 4.79 Å². The van der Waals surface area contributed by atoms with E-state index in [0.717, 1.165) is 17.9 Å². The molecule has 1 amide bonds. The molecule has 24 heavy (non-hydrogen) atoms. The van der Waals surface area contributed by atoms with E-state index in [-0.39, 0.29) is 5.91 Å². The number of methoxy groups -OCH3 is 1. The summed E-state index contributed by atoms with van der Waals surface area (Å²) in [5.41, 5.74) is 1.51. The van der Waals surface area contributed by atoms with Crippen molar-refractivity contribution in [2.45, 2.75) is 20.3 Å². The van der Waals surface area contributed by atoms with Gasteiger partial charge in [0.1, 0.15) is 5.75 Å². The van der Waals surface area contributed by atoms with Gasteiger partial charge >= 0.3 is 0 Å². The lowest BCUT2D eigenvalue weighted by molar-refractivity contribution is 0.0953. The number of carbonyl (C=O) groups is 1. The zero-order valence-electron chi connectivity index (χ0n) is 14.4. The lowest BCUT2D eigenvalue weighted by atomic mass is 10.1. The van der Waals surface area contributed by atoms with E-state index in [1.54, 1.807) is 7.11 Å². The van der Waals surface area contributed by atoms with Gasteiger partial charge in [0.15, 0.2) is 0 Å². The predicted molar refractivity (Wildman–Crippen MR) is 94.4 cm³/mol. The summed E-state index contributed by atoms with van der Waals surface area (Å²) in [7, 11) is 1.64. The third-order valence-electron chi connectivity index (χ3n) is 3.45. The second-order valence-corrected chi connectivity index (χ2v) is 5.89. The highest BCUT2D eigenvalue weighted by Crippen LogP contribution is 2.17. The maximum atomic E-state index is 12.1. The fraction of sp³-hybridized carbons (Fsp3) is 0.389. The molecule has 2 aromatic rings. The molecule has 0 unspecified atom stereocenters. The topological polar surface area (TPSA) is 76.1 Å². The normalized spacial score (nSPS) is 10.5. The van der Waals surface area contributed by atoms with Crippen LogP contribution in [0.2, 0.25) is 0 Å². The molecule has 0 spiro atoms. The van der Waals surface area contributed by atoms with Crippen LogP contribution in [0, 0.1) is 5.92 Å². The highest BCUT2D eigenvalue weighted by molar-refractivity contribution is 5.93. The van der Waals surface area contributed by atoms with E-state index in [1.165, 1.54) is 12.4 Å². The lowest BCUT2D eigenvalue weighted by Crippen LogP contribution is -2.26. The number of aromatic nitrogens is 2. The van der Waals surface area contributed by atoms with E-state index >= 15 is 0 Å². The van der Waals surface area contributed by atoms with Gasteiger partial charge in [0.05, 0.1) is 12.7 Å². The second-order valence-electron chi connectivity index (χ2n) is 5.89. The molecule has 0 aliphatic heterocycles. The summed E-state index contributed by atoms with van der Waals surface area (Å²) in [6.07, 6.45) is 3.77. The fourth-order valence-electron chi connectivity index (χ4n) is 2.15. The summed E-state index contributed by atoms with van der Waals surface area (Å²) in [5, 5.41) is 5.99. The average molecular weight is 328 g/mol. The average Bonchev–Trinajstić information content (AvgIpc) is 2.60. The van der Waals surface area contributed by atoms with Crippen molar-refractivity contribution in [2.75, 3.05) is 25.5 Å². The Morgan fingerprint density at radius 2 is 1.92 bits per heavy atom. The number of hydrogen-bond acceptors (Lipinski definition) is 5. The predicted octanol–water partition coefficient (Wildman–Crippen LogP) is 2.53. The quantitative estimate of drug-likeness (QED) is 0.779. The number of nitrogens with one attached hydrogen (secondary N) is 2. The summed E-state index contributed by atoms with van der Waals surface area (Å²) in [6.45, 7) is 5.53. The first-order valence-electron chi connectivity index (χ1n) is 8.06. The van der Waals surface area contributed by atoms with E-state index in [1.807, 2.05) is 24.3 Å². The van der Waals surface area contributed by atoms with Crippen molar-refractivity contribution in [1.82, 2.24) is 15.3 Å². The van der Waals surface area contributed by atoms with Gasteiger partial charge in [-0.25, -0.2) is 9.97 Å². The number of hydrogen-bond donors (Lipinski definition) is 2. The van der Waals surface area contributed by atoms with Crippen LogP contribution >= 0.6 is 0 Å². The highest BCUT2D eigenvalue weighted by atomic mass is 16.5. The molecule has 0 atom stereocenters. The van der Waals surface area contributed by atoms with Crippen LogP contribution < -0.4 is 15.4 Å². The number of ether oxygens (including phenoxy) is 1. The molecule has 128 valence electrons. The maximum Gasteiger partial charge on any atom is 0.254 e. The number of anilines is 1. The molecule has 1 heterocycles. The molecule has 0 fully saturated rings. The standard InChI is InChI=1S/C18H24N4O2/c1-13(2)10-20-18-21-11-15(12-22-18)17(23)19-9-8-14-6-4-5-7-16(14)24-3/h4-7,11-13H,8-10H2,1-3H3,(H,19,23)(H,20,21,22). The van der Waals surface area contributed by atoms with Gasteiger partial charge in [-0.05, 0) is 24.0 Å². The van der Waals surface area contributed by atoms with Gasteiger partial charge in [0.2, 0.25) is 5.95 Å². The number of benzene rings is 1. The molecule has 6 nitrogen and oxygen atoms in total. The van der Waals surface area contributed by atoms with Crippen LogP contribution in [0.4, 0.5) is 5.95 Å². The van der Waals surface area contributed by atoms with Crippen molar-refractivity contribution in [1.29, 1.82) is 0 Å². The SMILES string of the molecule is COc1ccccc1CCNC(=O)c1cnc(NCC(C)C)nc1. The molecule has 0 saturated carbocycles. The van der Waals surface area contributed by atoms with Crippen molar-refractivity contribution in [2.24, 2.45) is 5.92 Å². The number of rotatable bonds is 8. The molecule has 0 radical (unpaired) electrons. The van der Waals surface area contributed by atoms with Crippen LogP contribution in [0.25, 0.3) is 0 Å². The Balaban J connectivity index is 1.84. The van der Waals surface area contributed by atoms with Gasteiger partial charge < -0.3 is 15.4 Å². The molecule has 6 heteroatoms. The van der Waals surface area contributed by atoms with Crippen LogP contribution in [0.3, 0.4) is 0 Å². The van der Waals surface area contributed by atoms with Gasteiger partial charge in [-0.3, -0.25) is 4.79 Å². The van der Waals surface area contributed by atoms with Gasteiger partial charge in [-0.15, -0.1) is 0 Å². The van der Waals surface area contributed by atoms with E-state index in [0.29, 0.717) is 30.4 Å². The molecule has 2 N–H and O–H groups in total. The molecule has 0 bridgehead atoms. The van der Waals surface area contributed by atoms with Crippen LogP contribution in [0.5, 0.6) is 5.75 Å². The molecule has 0 aliphatic carbocycles. The van der Waals surface area contributed by atoms with Gasteiger partial charge in [-0.2, -0.15) is 0 Å². The van der Waals surface area contributed by atoms with Crippen molar-refractivity contribution in [3.8, 4) is 5.75 Å². The smallest absolute Gasteiger partial charge is 0.254 e. The van der Waals surface area contributed by atoms with Crippen molar-refractivity contribution in [3.05, 3.63) is 47.8 Å². The summed E-state index contributed by atoms with van der Waals surface area (Å²) in [5.74, 6) is 1.69. The highest BCUT2D eigenvalue weighted by Gasteiger charge is 2.08. The Bertz CT molecular complexity index is 656. The van der Waals surface area contributed by atoms with Crippen LogP contribution in [-0.4, -0.2) is 36.1 Å². The lowest BCUT2D eigenvalue weighted by Gasteiger charge is -2.09. The number of amides is 1. The monoisotopic (exact) mass is 328 g/mol. The third-order valence-corrected chi connectivity index (χ3v) is 3.45. The van der Waals surface area contributed by atoms with E-state index in [2.05, 4.69) is 34.4 Å². The molecular weight excluding hydrogens is 304 g/mol. The Labute approximate surface area is 142 Å². The maximum absolute atomic E-state index is 12.1. The number of carbonyl (C=O) groups excluding carboxylic acids is 1. The van der Waals surface area contributed by atoms with Gasteiger partial charge in [-0.1, -0.05) is 32.0 Å². The Morgan fingerprint density at radius 1 is 1.21 bits per heavy atom.